The summed E-state index contributed by atoms with van der Waals surface area (Å²) in [4.78, 5) is 3.92. The summed E-state index contributed by atoms with van der Waals surface area (Å²) in [6, 6.07) is 62.3. The fourth-order valence-electron chi connectivity index (χ4n) is 9.71. The van der Waals surface area contributed by atoms with E-state index in [2.05, 4.69) is 143 Å². The first kappa shape index (κ1) is 39.7. The Morgan fingerprint density at radius 2 is 0.923 bits per heavy atom. The van der Waals surface area contributed by atoms with Gasteiger partial charge in [0.25, 0.3) is 0 Å². The average molecular weight is 848 g/mol. The minimum atomic E-state index is -4.58. The molecule has 0 fully saturated rings. The molecule has 0 aliphatic carbocycles. The zero-order valence-electron chi connectivity index (χ0n) is 35.9. The molecular formula is C59H40F3N3. The number of halogens is 3. The highest BCUT2D eigenvalue weighted by molar-refractivity contribution is 6.13. The van der Waals surface area contributed by atoms with Gasteiger partial charge in [-0.1, -0.05) is 139 Å². The minimum Gasteiger partial charge on any atom is -0.309 e. The lowest BCUT2D eigenvalue weighted by Gasteiger charge is -2.21. The predicted octanol–water partition coefficient (Wildman–Crippen LogP) is 17.0. The summed E-state index contributed by atoms with van der Waals surface area (Å²) < 4.78 is 49.1. The van der Waals surface area contributed by atoms with E-state index in [0.29, 0.717) is 22.5 Å². The van der Waals surface area contributed by atoms with Crippen molar-refractivity contribution < 1.29 is 13.2 Å². The van der Waals surface area contributed by atoms with Crippen LogP contribution in [0.15, 0.2) is 188 Å². The van der Waals surface area contributed by atoms with E-state index in [1.807, 2.05) is 48.5 Å². The number of aromatic nitrogens is 2. The number of para-hydroxylation sites is 2. The molecule has 65 heavy (non-hydrogen) atoms. The molecule has 0 radical (unpaired) electrons. The number of benzene rings is 9. The van der Waals surface area contributed by atoms with Crippen LogP contribution >= 0.6 is 0 Å². The molecule has 0 bridgehead atoms. The molecule has 0 N–H and O–H groups in total. The molecule has 0 amide bonds. The molecule has 312 valence electrons. The summed E-state index contributed by atoms with van der Waals surface area (Å²) in [5.74, 6) is 0. The number of alkyl halides is 3. The maximum Gasteiger partial charge on any atom is 0.417 e. The van der Waals surface area contributed by atoms with E-state index >= 15 is 0 Å². The van der Waals surface area contributed by atoms with Gasteiger partial charge in [0.2, 0.25) is 0 Å². The van der Waals surface area contributed by atoms with Crippen LogP contribution in [0, 0.1) is 27.3 Å². The van der Waals surface area contributed by atoms with Crippen LogP contribution in [-0.4, -0.2) is 9.13 Å². The molecule has 0 unspecified atom stereocenters. The van der Waals surface area contributed by atoms with E-state index in [4.69, 9.17) is 6.57 Å². The van der Waals surface area contributed by atoms with Gasteiger partial charge in [-0.25, -0.2) is 4.85 Å². The van der Waals surface area contributed by atoms with Gasteiger partial charge >= 0.3 is 6.18 Å². The molecule has 0 aliphatic rings. The lowest BCUT2D eigenvalue weighted by Crippen LogP contribution is -2.08. The third kappa shape index (κ3) is 6.67. The number of nitrogens with zero attached hydrogens (tertiary/aromatic N) is 3. The number of hydrogen-bond donors (Lipinski definition) is 0. The van der Waals surface area contributed by atoms with Crippen LogP contribution in [0.3, 0.4) is 0 Å². The summed E-state index contributed by atoms with van der Waals surface area (Å²) in [6.45, 7) is 14.1. The van der Waals surface area contributed by atoms with Gasteiger partial charge in [-0.2, -0.15) is 13.2 Å². The second-order valence-electron chi connectivity index (χ2n) is 16.9. The van der Waals surface area contributed by atoms with Crippen molar-refractivity contribution >= 4 is 49.3 Å². The molecule has 0 atom stereocenters. The highest BCUT2D eigenvalue weighted by atomic mass is 19.4. The zero-order valence-corrected chi connectivity index (χ0v) is 35.9. The second-order valence-corrected chi connectivity index (χ2v) is 16.9. The normalized spacial score (nSPS) is 11.8. The van der Waals surface area contributed by atoms with E-state index in [-0.39, 0.29) is 5.56 Å². The summed E-state index contributed by atoms with van der Waals surface area (Å²) >= 11 is 0. The summed E-state index contributed by atoms with van der Waals surface area (Å²) in [5.41, 5.74) is 14.5. The highest BCUT2D eigenvalue weighted by Gasteiger charge is 2.34. The molecule has 0 saturated carbocycles. The van der Waals surface area contributed by atoms with Crippen LogP contribution in [0.4, 0.5) is 18.9 Å². The number of aryl methyl sites for hydroxylation is 3. The van der Waals surface area contributed by atoms with Crippen molar-refractivity contribution in [1.82, 2.24) is 9.13 Å². The van der Waals surface area contributed by atoms with Crippen molar-refractivity contribution in [2.24, 2.45) is 0 Å². The molecule has 0 aliphatic heterocycles. The van der Waals surface area contributed by atoms with Crippen LogP contribution in [0.2, 0.25) is 0 Å². The van der Waals surface area contributed by atoms with Gasteiger partial charge in [0.05, 0.1) is 45.6 Å². The lowest BCUT2D eigenvalue weighted by molar-refractivity contribution is -0.137. The van der Waals surface area contributed by atoms with Gasteiger partial charge in [0.1, 0.15) is 0 Å². The van der Waals surface area contributed by atoms with E-state index < -0.39 is 11.7 Å². The first-order valence-corrected chi connectivity index (χ1v) is 21.6. The van der Waals surface area contributed by atoms with Crippen LogP contribution in [0.1, 0.15) is 22.3 Å². The Hall–Kier alpha value is -8.14. The molecule has 3 nitrogen and oxygen atoms in total. The van der Waals surface area contributed by atoms with Crippen molar-refractivity contribution in [2.45, 2.75) is 26.9 Å². The van der Waals surface area contributed by atoms with Crippen LogP contribution in [0.5, 0.6) is 0 Å². The fourth-order valence-corrected chi connectivity index (χ4v) is 9.71. The second kappa shape index (κ2) is 15.3. The zero-order chi connectivity index (χ0) is 44.6. The van der Waals surface area contributed by atoms with E-state index in [1.165, 1.54) is 17.2 Å². The first-order chi connectivity index (χ1) is 31.6. The molecule has 2 heterocycles. The molecular weight excluding hydrogens is 808 g/mol. The first-order valence-electron chi connectivity index (χ1n) is 21.6. The predicted molar refractivity (Wildman–Crippen MR) is 262 cm³/mol. The quantitative estimate of drug-likeness (QED) is 0.148. The van der Waals surface area contributed by atoms with Gasteiger partial charge in [0.15, 0.2) is 5.69 Å². The number of rotatable bonds is 6. The van der Waals surface area contributed by atoms with Crippen LogP contribution < -0.4 is 0 Å². The Morgan fingerprint density at radius 3 is 1.48 bits per heavy atom. The summed E-state index contributed by atoms with van der Waals surface area (Å²) in [6.07, 6.45) is -4.58. The largest absolute Gasteiger partial charge is 0.417 e. The smallest absolute Gasteiger partial charge is 0.309 e. The Labute approximate surface area is 374 Å². The SMILES string of the molecule is [C-]#[N+]c1ccc(-n2c3ccccc3c3cc(-c4ccc(C)cc4)ccc32)c(-c2ccc(-c3c(C)cccc3C(F)(F)F)cc2-n2c3ccccc3c3cc(-c4ccc(C)cc4)ccc32)c1. The minimum absolute atomic E-state index is 0.136. The number of hydrogen-bond acceptors (Lipinski definition) is 0. The molecule has 0 spiro atoms. The van der Waals surface area contributed by atoms with Gasteiger partial charge in [-0.3, -0.25) is 0 Å². The third-order valence-corrected chi connectivity index (χ3v) is 12.9. The van der Waals surface area contributed by atoms with Gasteiger partial charge < -0.3 is 9.13 Å². The molecule has 2 aromatic heterocycles. The van der Waals surface area contributed by atoms with Gasteiger partial charge in [-0.05, 0) is 126 Å². The Balaban J connectivity index is 1.22. The van der Waals surface area contributed by atoms with Crippen molar-refractivity contribution in [2.75, 3.05) is 0 Å². The van der Waals surface area contributed by atoms with Crippen molar-refractivity contribution in [3.05, 3.63) is 222 Å². The van der Waals surface area contributed by atoms with Crippen LogP contribution in [-0.2, 0) is 6.18 Å². The van der Waals surface area contributed by atoms with Crippen molar-refractivity contribution in [3.63, 3.8) is 0 Å². The monoisotopic (exact) mass is 847 g/mol. The highest BCUT2D eigenvalue weighted by Crippen LogP contribution is 2.46. The van der Waals surface area contributed by atoms with Crippen LogP contribution in [0.25, 0.3) is 104 Å². The Kier molecular flexibility index (Phi) is 9.34. The summed E-state index contributed by atoms with van der Waals surface area (Å²) in [7, 11) is 0. The van der Waals surface area contributed by atoms with Gasteiger partial charge in [-0.15, -0.1) is 0 Å². The maximum atomic E-state index is 14.9. The van der Waals surface area contributed by atoms with E-state index in [9.17, 15) is 13.2 Å². The molecule has 11 aromatic rings. The lowest BCUT2D eigenvalue weighted by atomic mass is 9.91. The van der Waals surface area contributed by atoms with E-state index in [1.54, 1.807) is 19.1 Å². The Bertz CT molecular complexity index is 3730. The molecule has 0 saturated heterocycles. The van der Waals surface area contributed by atoms with Gasteiger partial charge in [0, 0.05) is 27.1 Å². The van der Waals surface area contributed by atoms with Crippen molar-refractivity contribution in [3.8, 4) is 55.9 Å². The summed E-state index contributed by atoms with van der Waals surface area (Å²) in [5, 5.41) is 4.20. The maximum absolute atomic E-state index is 14.9. The standard InChI is InChI=1S/C59H40F3N3/c1-36-16-20-39(21-17-36)41-25-29-54-48(32-41)45-11-5-7-14-52(45)64(54)56-31-27-44(63-4)35-50(56)47-28-24-43(58-38(3)10-9-13-51(58)59(60,61)62)34-57(47)65-53-15-8-6-12-46(53)49-33-42(26-30-55(49)65)40-22-18-37(2)19-23-40/h5-35H,1-3H3. The molecule has 9 aromatic carbocycles. The molecule has 11 rings (SSSR count). The Morgan fingerprint density at radius 1 is 0.415 bits per heavy atom. The van der Waals surface area contributed by atoms with E-state index in [0.717, 1.165) is 88.7 Å². The number of fused-ring (bicyclic) bond motifs is 6. The fraction of sp³-hybridized carbons (Fsp3) is 0.0678. The third-order valence-electron chi connectivity index (χ3n) is 12.9. The topological polar surface area (TPSA) is 14.2 Å². The molecule has 6 heteroatoms. The average Bonchev–Trinajstić information content (AvgIpc) is 3.83. The van der Waals surface area contributed by atoms with Crippen molar-refractivity contribution in [1.29, 1.82) is 0 Å².